The van der Waals surface area contributed by atoms with Gasteiger partial charge in [0, 0.05) is 28.5 Å². The standard InChI is InChI=1S/C23H19ClN2O4S/c1-29-25-20(13-16-7-3-2-4-8-16)19-12-11-18(24)15-21(19)26-31(27,28)23-14-17-9-5-6-10-22(17)30-23/h2-12,14-15,26H,13H2,1H3/b25-20-. The Morgan fingerprint density at radius 2 is 1.77 bits per heavy atom. The van der Waals surface area contributed by atoms with E-state index in [1.807, 2.05) is 36.4 Å². The van der Waals surface area contributed by atoms with Gasteiger partial charge in [0.25, 0.3) is 10.0 Å². The van der Waals surface area contributed by atoms with Crippen LogP contribution in [0.4, 0.5) is 5.69 Å². The number of benzene rings is 3. The molecular formula is C23H19ClN2O4S. The monoisotopic (exact) mass is 454 g/mol. The first-order chi connectivity index (χ1) is 15.0. The minimum absolute atomic E-state index is 0.187. The summed E-state index contributed by atoms with van der Waals surface area (Å²) >= 11 is 6.17. The van der Waals surface area contributed by atoms with Gasteiger partial charge in [0.1, 0.15) is 12.7 Å². The summed E-state index contributed by atoms with van der Waals surface area (Å²) in [5.41, 5.74) is 2.86. The molecule has 1 heterocycles. The lowest BCUT2D eigenvalue weighted by atomic mass is 10.0. The van der Waals surface area contributed by atoms with Crippen molar-refractivity contribution in [2.45, 2.75) is 11.5 Å². The molecule has 0 saturated heterocycles. The summed E-state index contributed by atoms with van der Waals surface area (Å²) in [5, 5.41) is 5.02. The lowest BCUT2D eigenvalue weighted by Gasteiger charge is -2.14. The predicted molar refractivity (Wildman–Crippen MR) is 122 cm³/mol. The average molecular weight is 455 g/mol. The molecule has 3 aromatic carbocycles. The highest BCUT2D eigenvalue weighted by atomic mass is 35.5. The third-order valence-corrected chi connectivity index (χ3v) is 6.08. The van der Waals surface area contributed by atoms with Crippen LogP contribution < -0.4 is 4.72 Å². The largest absolute Gasteiger partial charge is 0.443 e. The van der Waals surface area contributed by atoms with Crippen molar-refractivity contribution in [2.75, 3.05) is 11.8 Å². The Morgan fingerprint density at radius 1 is 1.03 bits per heavy atom. The Labute approximate surface area is 185 Å². The number of rotatable bonds is 7. The molecule has 0 atom stereocenters. The van der Waals surface area contributed by atoms with Crippen LogP contribution in [-0.4, -0.2) is 21.2 Å². The van der Waals surface area contributed by atoms with E-state index in [4.69, 9.17) is 20.9 Å². The van der Waals surface area contributed by atoms with E-state index in [-0.39, 0.29) is 10.8 Å². The fraction of sp³-hybridized carbons (Fsp3) is 0.0870. The van der Waals surface area contributed by atoms with Gasteiger partial charge in [0.2, 0.25) is 5.09 Å². The maximum absolute atomic E-state index is 13.1. The summed E-state index contributed by atoms with van der Waals surface area (Å²) in [6.07, 6.45) is 0.440. The molecule has 4 aromatic rings. The minimum atomic E-state index is -4.01. The summed E-state index contributed by atoms with van der Waals surface area (Å²) in [7, 11) is -2.56. The molecule has 1 N–H and O–H groups in total. The third-order valence-electron chi connectivity index (χ3n) is 4.62. The van der Waals surface area contributed by atoms with E-state index in [0.29, 0.717) is 33.7 Å². The van der Waals surface area contributed by atoms with Gasteiger partial charge in [-0.1, -0.05) is 65.3 Å². The molecule has 0 radical (unpaired) electrons. The van der Waals surface area contributed by atoms with E-state index in [9.17, 15) is 8.42 Å². The van der Waals surface area contributed by atoms with Crippen LogP contribution in [-0.2, 0) is 21.3 Å². The number of furan rings is 1. The zero-order valence-electron chi connectivity index (χ0n) is 16.6. The number of anilines is 1. The van der Waals surface area contributed by atoms with Crippen molar-refractivity contribution in [1.29, 1.82) is 0 Å². The van der Waals surface area contributed by atoms with Crippen LogP contribution in [0.2, 0.25) is 5.02 Å². The van der Waals surface area contributed by atoms with E-state index >= 15 is 0 Å². The summed E-state index contributed by atoms with van der Waals surface area (Å²) in [6, 6.07) is 23.2. The number of hydrogen-bond donors (Lipinski definition) is 1. The highest BCUT2D eigenvalue weighted by molar-refractivity contribution is 7.92. The number of halogens is 1. The zero-order valence-corrected chi connectivity index (χ0v) is 18.2. The summed E-state index contributed by atoms with van der Waals surface area (Å²) in [5.74, 6) is 0. The first kappa shape index (κ1) is 21.0. The Bertz CT molecular complexity index is 1320. The van der Waals surface area contributed by atoms with Gasteiger partial charge in [0.15, 0.2) is 0 Å². The second kappa shape index (κ2) is 8.83. The molecule has 6 nitrogen and oxygen atoms in total. The van der Waals surface area contributed by atoms with Crippen molar-refractivity contribution in [3.8, 4) is 0 Å². The topological polar surface area (TPSA) is 80.9 Å². The number of para-hydroxylation sites is 1. The van der Waals surface area contributed by atoms with Gasteiger partial charge in [0.05, 0.1) is 11.4 Å². The molecule has 0 aliphatic rings. The number of hydrogen-bond acceptors (Lipinski definition) is 5. The van der Waals surface area contributed by atoms with Crippen LogP contribution in [0.15, 0.2) is 93.5 Å². The average Bonchev–Trinajstić information content (AvgIpc) is 3.20. The van der Waals surface area contributed by atoms with E-state index in [0.717, 1.165) is 5.56 Å². The Balaban J connectivity index is 1.72. The molecule has 0 unspecified atom stereocenters. The molecule has 0 bridgehead atoms. The molecule has 0 aliphatic heterocycles. The van der Waals surface area contributed by atoms with Crippen molar-refractivity contribution >= 4 is 44.0 Å². The highest BCUT2D eigenvalue weighted by Gasteiger charge is 2.22. The quantitative estimate of drug-likeness (QED) is 0.296. The van der Waals surface area contributed by atoms with E-state index < -0.39 is 10.0 Å². The van der Waals surface area contributed by atoms with E-state index in [2.05, 4.69) is 9.88 Å². The molecule has 0 amide bonds. The lowest BCUT2D eigenvalue weighted by Crippen LogP contribution is -2.16. The van der Waals surface area contributed by atoms with Crippen LogP contribution in [0.1, 0.15) is 11.1 Å². The first-order valence-electron chi connectivity index (χ1n) is 9.41. The number of oxime groups is 1. The lowest BCUT2D eigenvalue weighted by molar-refractivity contribution is 0.213. The maximum atomic E-state index is 13.1. The molecule has 0 spiro atoms. The van der Waals surface area contributed by atoms with Gasteiger partial charge in [-0.3, -0.25) is 4.72 Å². The Hall–Kier alpha value is -3.29. The SMILES string of the molecule is CO/N=C(/Cc1ccccc1)c1ccc(Cl)cc1NS(=O)(=O)c1cc2ccccc2o1. The van der Waals surface area contributed by atoms with Crippen LogP contribution in [0, 0.1) is 0 Å². The first-order valence-corrected chi connectivity index (χ1v) is 11.3. The second-order valence-corrected chi connectivity index (χ2v) is 8.83. The van der Waals surface area contributed by atoms with Gasteiger partial charge in [-0.05, 0) is 29.8 Å². The van der Waals surface area contributed by atoms with Gasteiger partial charge >= 0.3 is 0 Å². The van der Waals surface area contributed by atoms with Gasteiger partial charge in [-0.2, -0.15) is 8.42 Å². The fourth-order valence-corrected chi connectivity index (χ4v) is 4.43. The number of sulfonamides is 1. The summed E-state index contributed by atoms with van der Waals surface area (Å²) in [4.78, 5) is 5.03. The molecule has 0 aliphatic carbocycles. The normalized spacial score (nSPS) is 12.1. The van der Waals surface area contributed by atoms with Crippen LogP contribution in [0.25, 0.3) is 11.0 Å². The molecule has 1 aromatic heterocycles. The van der Waals surface area contributed by atoms with Crippen molar-refractivity contribution < 1.29 is 17.7 Å². The number of nitrogens with one attached hydrogen (secondary N) is 1. The van der Waals surface area contributed by atoms with Crippen LogP contribution >= 0.6 is 11.6 Å². The fourth-order valence-electron chi connectivity index (χ4n) is 3.21. The van der Waals surface area contributed by atoms with Crippen LogP contribution in [0.3, 0.4) is 0 Å². The maximum Gasteiger partial charge on any atom is 0.295 e. The molecule has 8 heteroatoms. The third kappa shape index (κ3) is 4.73. The summed E-state index contributed by atoms with van der Waals surface area (Å²) < 4.78 is 34.2. The van der Waals surface area contributed by atoms with Crippen molar-refractivity contribution in [2.24, 2.45) is 5.16 Å². The smallest absolute Gasteiger partial charge is 0.295 e. The van der Waals surface area contributed by atoms with Gasteiger partial charge in [-0.15, -0.1) is 0 Å². The van der Waals surface area contributed by atoms with E-state index in [1.165, 1.54) is 19.2 Å². The van der Waals surface area contributed by atoms with Gasteiger partial charge < -0.3 is 9.25 Å². The minimum Gasteiger partial charge on any atom is -0.443 e. The van der Waals surface area contributed by atoms with E-state index in [1.54, 1.807) is 30.3 Å². The Morgan fingerprint density at radius 3 is 2.52 bits per heavy atom. The number of nitrogens with zero attached hydrogens (tertiary/aromatic N) is 1. The summed E-state index contributed by atoms with van der Waals surface area (Å²) in [6.45, 7) is 0. The molecule has 0 saturated carbocycles. The molecular weight excluding hydrogens is 436 g/mol. The van der Waals surface area contributed by atoms with Crippen molar-refractivity contribution in [1.82, 2.24) is 0 Å². The molecule has 0 fully saturated rings. The zero-order chi connectivity index (χ0) is 21.8. The molecule has 31 heavy (non-hydrogen) atoms. The van der Waals surface area contributed by atoms with Crippen LogP contribution in [0.5, 0.6) is 0 Å². The number of fused-ring (bicyclic) bond motifs is 1. The highest BCUT2D eigenvalue weighted by Crippen LogP contribution is 2.28. The van der Waals surface area contributed by atoms with Crippen molar-refractivity contribution in [3.63, 3.8) is 0 Å². The second-order valence-electron chi connectivity index (χ2n) is 6.78. The Kier molecular flexibility index (Phi) is 5.97. The molecule has 158 valence electrons. The predicted octanol–water partition coefficient (Wildman–Crippen LogP) is 5.48. The molecule has 4 rings (SSSR count). The van der Waals surface area contributed by atoms with Gasteiger partial charge in [-0.25, -0.2) is 0 Å². The van der Waals surface area contributed by atoms with Crippen molar-refractivity contribution in [3.05, 3.63) is 95.0 Å².